The van der Waals surface area contributed by atoms with E-state index >= 15 is 0 Å². The first-order valence-electron chi connectivity index (χ1n) is 21.7. The van der Waals surface area contributed by atoms with Crippen molar-refractivity contribution in [3.8, 4) is 0 Å². The van der Waals surface area contributed by atoms with Crippen LogP contribution in [0, 0.1) is 41.5 Å². The van der Waals surface area contributed by atoms with Crippen LogP contribution in [0.15, 0.2) is 84.9 Å². The van der Waals surface area contributed by atoms with Crippen LogP contribution in [0.1, 0.15) is 120 Å². The Bertz CT molecular complexity index is 2310. The molecule has 0 saturated heterocycles. The summed E-state index contributed by atoms with van der Waals surface area (Å²) in [6, 6.07) is 22.7. The van der Waals surface area contributed by atoms with Gasteiger partial charge in [-0.3, -0.25) is 0 Å². The largest absolute Gasteiger partial charge is 0.430 e. The third-order valence-corrected chi connectivity index (χ3v) is 13.3. The maximum atomic E-state index is 13.6. The molecule has 370 valence electrons. The molecule has 4 aromatic rings. The van der Waals surface area contributed by atoms with Crippen molar-refractivity contribution >= 4 is 12.2 Å². The summed E-state index contributed by atoms with van der Waals surface area (Å²) < 4.78 is 168. The Morgan fingerprint density at radius 2 is 0.746 bits per heavy atom. The number of hydrogen-bond donors (Lipinski definition) is 1. The highest BCUT2D eigenvalue weighted by Crippen LogP contribution is 2.48. The number of alkyl halides is 12. The van der Waals surface area contributed by atoms with E-state index in [0.717, 1.165) is 77.8 Å². The Morgan fingerprint density at radius 1 is 0.433 bits per heavy atom. The van der Waals surface area contributed by atoms with E-state index in [1.165, 1.54) is 11.6 Å². The summed E-state index contributed by atoms with van der Waals surface area (Å²) in [5.74, 6) is 0. The van der Waals surface area contributed by atoms with Gasteiger partial charge in [-0.2, -0.15) is 52.7 Å². The first-order chi connectivity index (χ1) is 30.8. The molecule has 0 atom stereocenters. The number of rotatable bonds is 15. The Hall–Kier alpha value is -4.60. The molecule has 0 aliphatic rings. The molecule has 15 heteroatoms. The van der Waals surface area contributed by atoms with Gasteiger partial charge in [-0.1, -0.05) is 113 Å². The summed E-state index contributed by atoms with van der Waals surface area (Å²) in [4.78, 5) is 0. The van der Waals surface area contributed by atoms with Crippen LogP contribution in [-0.2, 0) is 20.3 Å². The number of hydrogen-bond acceptors (Lipinski definition) is 3. The Labute approximate surface area is 385 Å². The standard InChI is InChI=1S/C27H32F6O2.C25H28F6O/c1-7-24(8-2,22-11-9-18(3)19(4)15-22)23-12-10-21(20(5)16-23)13-14-25(26(28,29)30,27(31,32)33)35-17-34-6;1-6-22(7-2,20-10-8-16(3)17(4)14-20)21-11-9-19(18(5)15-21)12-13-23(32,24(26,27)28)25(29,30)31/h9-16H,7-8,17H2,1-6H3;8-15,32H,6-7H2,1-5H3/b14-13+;13-12+. The molecule has 0 radical (unpaired) electrons. The fourth-order valence-electron chi connectivity index (χ4n) is 8.35. The normalized spacial score (nSPS) is 13.7. The van der Waals surface area contributed by atoms with E-state index < -0.39 is 42.7 Å². The molecule has 3 nitrogen and oxygen atoms in total. The number of benzene rings is 4. The fourth-order valence-corrected chi connectivity index (χ4v) is 8.35. The van der Waals surface area contributed by atoms with Gasteiger partial charge in [0.1, 0.15) is 6.79 Å². The first-order valence-corrected chi connectivity index (χ1v) is 21.7. The van der Waals surface area contributed by atoms with Crippen molar-refractivity contribution in [3.63, 3.8) is 0 Å². The zero-order chi connectivity index (χ0) is 51.2. The number of aliphatic hydroxyl groups is 1. The SMILES string of the molecule is CCC(CC)(c1ccc(C)c(C)c1)c1ccc(/C=C/C(O)(C(F)(F)F)C(F)(F)F)c(C)c1.CCC(CC)(c1ccc(C)c(C)c1)c1ccc(/C=C/C(OCOC)(C(F)(F)F)C(F)(F)F)c(C)c1. The average molecular weight is 961 g/mol. The third-order valence-electron chi connectivity index (χ3n) is 13.3. The van der Waals surface area contributed by atoms with Gasteiger partial charge in [0.05, 0.1) is 0 Å². The monoisotopic (exact) mass is 960 g/mol. The van der Waals surface area contributed by atoms with Crippen molar-refractivity contribution in [1.29, 1.82) is 0 Å². The van der Waals surface area contributed by atoms with Crippen LogP contribution < -0.4 is 0 Å². The molecule has 0 bridgehead atoms. The zero-order valence-electron chi connectivity index (χ0n) is 39.6. The van der Waals surface area contributed by atoms with Gasteiger partial charge in [0.2, 0.25) is 0 Å². The van der Waals surface area contributed by atoms with E-state index in [-0.39, 0.29) is 34.1 Å². The van der Waals surface area contributed by atoms with E-state index in [1.807, 2.05) is 39.8 Å². The lowest BCUT2D eigenvalue weighted by Crippen LogP contribution is -2.57. The summed E-state index contributed by atoms with van der Waals surface area (Å²) in [6.45, 7) is 18.5. The minimum Gasteiger partial charge on any atom is -0.370 e. The molecule has 0 fully saturated rings. The fraction of sp³-hybridized carbons (Fsp3) is 0.462. The van der Waals surface area contributed by atoms with Crippen LogP contribution in [0.2, 0.25) is 0 Å². The number of methoxy groups -OCH3 is 1. The smallest absolute Gasteiger partial charge is 0.370 e. The molecule has 0 unspecified atom stereocenters. The van der Waals surface area contributed by atoms with Crippen molar-refractivity contribution in [2.45, 2.75) is 142 Å². The van der Waals surface area contributed by atoms with E-state index in [0.29, 0.717) is 17.2 Å². The summed E-state index contributed by atoms with van der Waals surface area (Å²) >= 11 is 0. The minimum absolute atomic E-state index is 0.0181. The van der Waals surface area contributed by atoms with Crippen molar-refractivity contribution in [2.75, 3.05) is 13.9 Å². The molecule has 0 aliphatic carbocycles. The topological polar surface area (TPSA) is 38.7 Å². The van der Waals surface area contributed by atoms with Crippen LogP contribution in [0.3, 0.4) is 0 Å². The van der Waals surface area contributed by atoms with Crippen molar-refractivity contribution < 1.29 is 67.3 Å². The highest BCUT2D eigenvalue weighted by atomic mass is 19.4. The van der Waals surface area contributed by atoms with Gasteiger partial charge in [-0.25, -0.2) is 0 Å². The molecule has 0 aromatic heterocycles. The number of ether oxygens (including phenoxy) is 2. The molecule has 0 amide bonds. The van der Waals surface area contributed by atoms with Crippen molar-refractivity contribution in [3.05, 3.63) is 152 Å². The predicted molar refractivity (Wildman–Crippen MR) is 240 cm³/mol. The summed E-state index contributed by atoms with van der Waals surface area (Å²) in [5, 5.41) is 9.36. The van der Waals surface area contributed by atoms with E-state index in [9.17, 15) is 57.8 Å². The van der Waals surface area contributed by atoms with Crippen LogP contribution >= 0.6 is 0 Å². The summed E-state index contributed by atoms with van der Waals surface area (Å²) in [7, 11) is 0.952. The molecule has 4 aromatic carbocycles. The quantitative estimate of drug-likeness (QED) is 0.0953. The third kappa shape index (κ3) is 11.6. The highest BCUT2D eigenvalue weighted by Gasteiger charge is 2.71. The van der Waals surface area contributed by atoms with Gasteiger partial charge in [0, 0.05) is 17.9 Å². The van der Waals surface area contributed by atoms with E-state index in [1.54, 1.807) is 38.1 Å². The molecule has 0 heterocycles. The van der Waals surface area contributed by atoms with Crippen LogP contribution in [0.25, 0.3) is 12.2 Å². The Balaban J connectivity index is 0.000000357. The van der Waals surface area contributed by atoms with Crippen molar-refractivity contribution in [1.82, 2.24) is 0 Å². The molecular weight excluding hydrogens is 901 g/mol. The molecule has 4 rings (SSSR count). The van der Waals surface area contributed by atoms with Crippen LogP contribution in [0.5, 0.6) is 0 Å². The highest BCUT2D eigenvalue weighted by molar-refractivity contribution is 5.59. The minimum atomic E-state index is -5.89. The van der Waals surface area contributed by atoms with Gasteiger partial charge in [0.25, 0.3) is 11.2 Å². The second-order valence-corrected chi connectivity index (χ2v) is 17.0. The lowest BCUT2D eigenvalue weighted by molar-refractivity contribution is -0.372. The zero-order valence-corrected chi connectivity index (χ0v) is 39.6. The number of halogens is 12. The first kappa shape index (κ1) is 56.7. The molecular formula is C52H60F12O3. The van der Waals surface area contributed by atoms with E-state index in [2.05, 4.69) is 67.5 Å². The summed E-state index contributed by atoms with van der Waals surface area (Å²) in [6.07, 6.45) is -18.9. The van der Waals surface area contributed by atoms with Gasteiger partial charge in [0.15, 0.2) is 0 Å². The van der Waals surface area contributed by atoms with Crippen LogP contribution in [0.4, 0.5) is 52.7 Å². The Morgan fingerprint density at radius 3 is 1.01 bits per heavy atom. The van der Waals surface area contributed by atoms with Gasteiger partial charge < -0.3 is 14.6 Å². The number of aryl methyl sites for hydroxylation is 6. The molecule has 0 saturated carbocycles. The van der Waals surface area contributed by atoms with Gasteiger partial charge >= 0.3 is 24.7 Å². The van der Waals surface area contributed by atoms with E-state index in [4.69, 9.17) is 0 Å². The molecule has 1 N–H and O–H groups in total. The lowest BCUT2D eigenvalue weighted by Gasteiger charge is -2.35. The predicted octanol–water partition coefficient (Wildman–Crippen LogP) is 15.8. The average Bonchev–Trinajstić information content (AvgIpc) is 3.23. The maximum Gasteiger partial charge on any atom is 0.430 e. The van der Waals surface area contributed by atoms with Crippen molar-refractivity contribution in [2.24, 2.45) is 0 Å². The molecule has 0 aliphatic heterocycles. The lowest BCUT2D eigenvalue weighted by atomic mass is 9.69. The van der Waals surface area contributed by atoms with Gasteiger partial charge in [-0.05, 0) is 146 Å². The Kier molecular flexibility index (Phi) is 18.1. The second kappa shape index (κ2) is 21.4. The summed E-state index contributed by atoms with van der Waals surface area (Å²) in [5.41, 5.74) is 0.114. The maximum absolute atomic E-state index is 13.6. The molecule has 67 heavy (non-hydrogen) atoms. The van der Waals surface area contributed by atoms with Gasteiger partial charge in [-0.15, -0.1) is 0 Å². The van der Waals surface area contributed by atoms with Crippen LogP contribution in [-0.4, -0.2) is 54.9 Å². The molecule has 0 spiro atoms. The second-order valence-electron chi connectivity index (χ2n) is 17.0.